The van der Waals surface area contributed by atoms with Gasteiger partial charge in [0.05, 0.1) is 24.2 Å². The number of carbonyl (C=O) groups is 3. The fourth-order valence-corrected chi connectivity index (χ4v) is 2.93. The normalized spacial score (nSPS) is 14.4. The molecule has 14 heteroatoms. The molecule has 6 N–H and O–H groups in total. The molecule has 2 aromatic rings. The first-order chi connectivity index (χ1) is 15.4. The molecule has 0 fully saturated rings. The Bertz CT molecular complexity index is 954. The second-order valence-electron chi connectivity index (χ2n) is 6.48. The third kappa shape index (κ3) is 6.50. The summed E-state index contributed by atoms with van der Waals surface area (Å²) in [5, 5.41) is 32.2. The van der Waals surface area contributed by atoms with Crippen LogP contribution in [-0.4, -0.2) is 62.6 Å². The predicted octanol–water partition coefficient (Wildman–Crippen LogP) is -1.35. The van der Waals surface area contributed by atoms with Crippen molar-refractivity contribution in [3.8, 4) is 5.75 Å². The quantitative estimate of drug-likeness (QED) is 0.238. The topological polar surface area (TPSA) is 191 Å². The van der Waals surface area contributed by atoms with Crippen molar-refractivity contribution in [3.63, 3.8) is 0 Å². The summed E-state index contributed by atoms with van der Waals surface area (Å²) in [6.45, 7) is 3.61. The molecule has 1 aromatic heterocycles. The molecule has 0 saturated carbocycles. The molecule has 32 heavy (non-hydrogen) atoms. The summed E-state index contributed by atoms with van der Waals surface area (Å²) in [5.74, 6) is 2.06. The van der Waals surface area contributed by atoms with E-state index in [0.29, 0.717) is 11.3 Å². The summed E-state index contributed by atoms with van der Waals surface area (Å²) in [6, 6.07) is 4.61. The highest BCUT2D eigenvalue weighted by atomic mass is 16.6. The number of fused-ring (bicyclic) bond motifs is 1. The zero-order valence-electron chi connectivity index (χ0n) is 17.6. The SMILES string of the molecule is CC.NOCC(=O)NCc1cn(CC(=O)NC2Cc3cccc(C(=O)O)c3OB2O)nn1. The predicted molar refractivity (Wildman–Crippen MR) is 111 cm³/mol. The molecular weight excluding hydrogens is 423 g/mol. The molecule has 0 aliphatic carbocycles. The molecule has 1 aliphatic rings. The zero-order chi connectivity index (χ0) is 23.7. The van der Waals surface area contributed by atoms with Crippen LogP contribution in [0.25, 0.3) is 0 Å². The van der Waals surface area contributed by atoms with Crippen LogP contribution in [0.4, 0.5) is 0 Å². The number of hydrogen-bond acceptors (Lipinski definition) is 9. The van der Waals surface area contributed by atoms with E-state index in [0.717, 1.165) is 0 Å². The number of aromatic nitrogens is 3. The Morgan fingerprint density at radius 2 is 2.09 bits per heavy atom. The van der Waals surface area contributed by atoms with E-state index in [1.165, 1.54) is 16.9 Å². The van der Waals surface area contributed by atoms with Crippen LogP contribution in [0.3, 0.4) is 0 Å². The van der Waals surface area contributed by atoms with Crippen molar-refractivity contribution < 1.29 is 34.0 Å². The maximum absolute atomic E-state index is 12.3. The molecule has 1 aliphatic heterocycles. The van der Waals surface area contributed by atoms with Gasteiger partial charge in [0.1, 0.15) is 24.6 Å². The van der Waals surface area contributed by atoms with Crippen molar-refractivity contribution >= 4 is 24.9 Å². The first kappa shape index (κ1) is 24.8. The molecule has 0 spiro atoms. The fraction of sp³-hybridized carbons (Fsp3) is 0.389. The third-order valence-electron chi connectivity index (χ3n) is 4.27. The van der Waals surface area contributed by atoms with Crippen LogP contribution < -0.4 is 21.2 Å². The number of nitrogens with zero attached hydrogens (tertiary/aromatic N) is 3. The van der Waals surface area contributed by atoms with Crippen molar-refractivity contribution in [3.05, 3.63) is 41.2 Å². The van der Waals surface area contributed by atoms with Crippen LogP contribution in [0, 0.1) is 0 Å². The van der Waals surface area contributed by atoms with Gasteiger partial charge in [0.25, 0.3) is 0 Å². The van der Waals surface area contributed by atoms with Crippen molar-refractivity contribution in [1.29, 1.82) is 0 Å². The highest BCUT2D eigenvalue weighted by Crippen LogP contribution is 2.30. The van der Waals surface area contributed by atoms with Crippen molar-refractivity contribution in [2.24, 2.45) is 5.90 Å². The van der Waals surface area contributed by atoms with E-state index in [2.05, 4.69) is 25.8 Å². The number of carbonyl (C=O) groups excluding carboxylic acids is 2. The number of nitrogens with two attached hydrogens (primary N) is 1. The lowest BCUT2D eigenvalue weighted by atomic mass is 9.72. The molecule has 172 valence electrons. The molecule has 2 amide bonds. The summed E-state index contributed by atoms with van der Waals surface area (Å²) in [6.07, 6.45) is 1.67. The highest BCUT2D eigenvalue weighted by molar-refractivity contribution is 6.47. The lowest BCUT2D eigenvalue weighted by Crippen LogP contribution is -2.53. The molecule has 0 radical (unpaired) electrons. The Hall–Kier alpha value is -3.49. The van der Waals surface area contributed by atoms with Crippen molar-refractivity contribution in [2.75, 3.05) is 6.61 Å². The first-order valence-electron chi connectivity index (χ1n) is 9.84. The van der Waals surface area contributed by atoms with E-state index in [1.54, 1.807) is 12.1 Å². The molecule has 13 nitrogen and oxygen atoms in total. The van der Waals surface area contributed by atoms with Gasteiger partial charge in [-0.1, -0.05) is 31.2 Å². The van der Waals surface area contributed by atoms with Gasteiger partial charge in [-0.25, -0.2) is 15.4 Å². The second-order valence-corrected chi connectivity index (χ2v) is 6.48. The lowest BCUT2D eigenvalue weighted by molar-refractivity contribution is -0.126. The van der Waals surface area contributed by atoms with E-state index in [1.807, 2.05) is 13.8 Å². The highest BCUT2D eigenvalue weighted by Gasteiger charge is 2.37. The molecule has 0 bridgehead atoms. The van der Waals surface area contributed by atoms with Gasteiger partial charge in [0.2, 0.25) is 11.8 Å². The van der Waals surface area contributed by atoms with Crippen LogP contribution in [0.1, 0.15) is 35.5 Å². The summed E-state index contributed by atoms with van der Waals surface area (Å²) in [5.41, 5.74) is 0.923. The first-order valence-corrected chi connectivity index (χ1v) is 9.84. The maximum Gasteiger partial charge on any atom is 0.547 e. The fourth-order valence-electron chi connectivity index (χ4n) is 2.93. The van der Waals surface area contributed by atoms with Crippen LogP contribution >= 0.6 is 0 Å². The third-order valence-corrected chi connectivity index (χ3v) is 4.27. The Balaban J connectivity index is 0.00000176. The standard InChI is InChI=1S/C16H19BN6O7.C2H6/c18-29-8-14(25)19-5-10-6-23(22-21-10)7-13(24)20-12-4-9-2-1-3-11(16(26)27)15(9)30-17(12)28;1-2/h1-3,6,12,28H,4-5,7-8,18H2,(H,19,25)(H,20,24)(H,26,27);1-2H3. The zero-order valence-corrected chi connectivity index (χ0v) is 17.6. The van der Waals surface area contributed by atoms with Gasteiger partial charge in [-0.15, -0.1) is 5.10 Å². The average Bonchev–Trinajstić information content (AvgIpc) is 3.21. The van der Waals surface area contributed by atoms with E-state index < -0.39 is 30.8 Å². The molecule has 0 saturated heterocycles. The van der Waals surface area contributed by atoms with Crippen molar-refractivity contribution in [2.45, 2.75) is 39.3 Å². The molecule has 3 rings (SSSR count). The number of nitrogens with one attached hydrogen (secondary N) is 2. The number of carboxylic acids is 1. The van der Waals surface area contributed by atoms with Gasteiger partial charge in [-0.2, -0.15) is 0 Å². The maximum atomic E-state index is 12.3. The Morgan fingerprint density at radius 3 is 2.78 bits per heavy atom. The van der Waals surface area contributed by atoms with Gasteiger partial charge in [0, 0.05) is 0 Å². The summed E-state index contributed by atoms with van der Waals surface area (Å²) in [7, 11) is -1.41. The molecular formula is C18H25BN6O7. The number of aromatic carboxylic acids is 1. The molecule has 2 heterocycles. The minimum atomic E-state index is -1.41. The van der Waals surface area contributed by atoms with Gasteiger partial charge < -0.3 is 25.4 Å². The molecule has 1 unspecified atom stereocenters. The second kappa shape index (κ2) is 11.8. The lowest BCUT2D eigenvalue weighted by Gasteiger charge is -2.28. The van der Waals surface area contributed by atoms with Gasteiger partial charge in [0.15, 0.2) is 0 Å². The number of hydrogen-bond donors (Lipinski definition) is 5. The minimum Gasteiger partial charge on any atom is -0.534 e. The van der Waals surface area contributed by atoms with E-state index in [-0.39, 0.29) is 37.4 Å². The van der Waals surface area contributed by atoms with Gasteiger partial charge in [-0.05, 0) is 18.1 Å². The number of para-hydroxylation sites is 1. The van der Waals surface area contributed by atoms with Crippen LogP contribution in [0.5, 0.6) is 5.75 Å². The number of carboxylic acid groups (broad SMARTS) is 1. The minimum absolute atomic E-state index is 0.0587. The van der Waals surface area contributed by atoms with Gasteiger partial charge in [-0.3, -0.25) is 14.4 Å². The smallest absolute Gasteiger partial charge is 0.534 e. The largest absolute Gasteiger partial charge is 0.547 e. The Morgan fingerprint density at radius 1 is 1.34 bits per heavy atom. The van der Waals surface area contributed by atoms with Crippen LogP contribution in [0.15, 0.2) is 24.4 Å². The summed E-state index contributed by atoms with van der Waals surface area (Å²) < 4.78 is 6.60. The number of rotatable bonds is 8. The monoisotopic (exact) mass is 448 g/mol. The van der Waals surface area contributed by atoms with E-state index in [4.69, 9.17) is 10.6 Å². The van der Waals surface area contributed by atoms with Crippen LogP contribution in [0.2, 0.25) is 0 Å². The molecule has 1 aromatic carbocycles. The number of benzene rings is 1. The average molecular weight is 448 g/mol. The Kier molecular flexibility index (Phi) is 9.13. The number of amides is 2. The van der Waals surface area contributed by atoms with Gasteiger partial charge >= 0.3 is 13.1 Å². The van der Waals surface area contributed by atoms with E-state index >= 15 is 0 Å². The molecule has 1 atom stereocenters. The van der Waals surface area contributed by atoms with E-state index in [9.17, 15) is 24.5 Å². The van der Waals surface area contributed by atoms with Crippen molar-refractivity contribution in [1.82, 2.24) is 25.6 Å². The summed E-state index contributed by atoms with van der Waals surface area (Å²) in [4.78, 5) is 39.1. The Labute approximate surface area is 184 Å². The van der Waals surface area contributed by atoms with Crippen LogP contribution in [-0.2, 0) is 33.9 Å². The summed E-state index contributed by atoms with van der Waals surface area (Å²) >= 11 is 0.